The molecule has 0 bridgehead atoms. The van der Waals surface area contributed by atoms with Gasteiger partial charge in [-0.1, -0.05) is 17.8 Å². The van der Waals surface area contributed by atoms with Crippen LogP contribution in [0.1, 0.15) is 36.3 Å². The van der Waals surface area contributed by atoms with Gasteiger partial charge in [0.1, 0.15) is 0 Å². The lowest BCUT2D eigenvalue weighted by atomic mass is 10.0. The van der Waals surface area contributed by atoms with Gasteiger partial charge in [-0.3, -0.25) is 14.4 Å². The van der Waals surface area contributed by atoms with E-state index in [4.69, 9.17) is 5.73 Å². The summed E-state index contributed by atoms with van der Waals surface area (Å²) >= 11 is 1.20. The van der Waals surface area contributed by atoms with Crippen molar-refractivity contribution in [3.63, 3.8) is 0 Å². The number of amides is 2. The Morgan fingerprint density at radius 3 is 2.67 bits per heavy atom. The Balaban J connectivity index is 1.91. The summed E-state index contributed by atoms with van der Waals surface area (Å²) in [6, 6.07) is -0.156. The van der Waals surface area contributed by atoms with Gasteiger partial charge in [-0.2, -0.15) is 0 Å². The maximum Gasteiger partial charge on any atom is 0.307 e. The van der Waals surface area contributed by atoms with Gasteiger partial charge in [-0.05, 0) is 26.7 Å². The zero-order chi connectivity index (χ0) is 15.6. The first-order valence-corrected chi connectivity index (χ1v) is 7.97. The Bertz CT molecular complexity index is 605. The summed E-state index contributed by atoms with van der Waals surface area (Å²) < 4.78 is 1.62. The summed E-state index contributed by atoms with van der Waals surface area (Å²) in [6.07, 6.45) is 2.66. The van der Waals surface area contributed by atoms with Gasteiger partial charge in [0.15, 0.2) is 0 Å². The first kappa shape index (κ1) is 15.8. The smallest absolute Gasteiger partial charge is 0.307 e. The molecule has 0 unspecified atom stereocenters. The van der Waals surface area contributed by atoms with Crippen LogP contribution in [0.15, 0.2) is 4.79 Å². The molecule has 0 radical (unpaired) electrons. The molecule has 1 heterocycles. The molecule has 1 aromatic heterocycles. The summed E-state index contributed by atoms with van der Waals surface area (Å²) in [5.74, 6) is -0.747. The number of aromatic nitrogens is 1. The second-order valence-electron chi connectivity index (χ2n) is 5.52. The minimum absolute atomic E-state index is 0.0336. The summed E-state index contributed by atoms with van der Waals surface area (Å²) in [5.41, 5.74) is 6.25. The maximum absolute atomic E-state index is 12.0. The number of rotatable bonds is 5. The van der Waals surface area contributed by atoms with Crippen molar-refractivity contribution in [2.24, 2.45) is 11.7 Å². The highest BCUT2D eigenvalue weighted by Crippen LogP contribution is 2.25. The minimum Gasteiger partial charge on any atom is -0.369 e. The number of nitrogens with one attached hydrogen (secondary N) is 1. The van der Waals surface area contributed by atoms with Gasteiger partial charge >= 0.3 is 4.87 Å². The van der Waals surface area contributed by atoms with Gasteiger partial charge in [0.2, 0.25) is 11.8 Å². The van der Waals surface area contributed by atoms with Crippen molar-refractivity contribution in [1.82, 2.24) is 9.88 Å². The summed E-state index contributed by atoms with van der Waals surface area (Å²) in [6.45, 7) is 4.15. The second kappa shape index (κ2) is 6.43. The highest BCUT2D eigenvalue weighted by Gasteiger charge is 2.32. The largest absolute Gasteiger partial charge is 0.369 e. The summed E-state index contributed by atoms with van der Waals surface area (Å²) in [7, 11) is 0. The van der Waals surface area contributed by atoms with Crippen molar-refractivity contribution in [2.75, 3.05) is 0 Å². The van der Waals surface area contributed by atoms with Crippen LogP contribution in [0.2, 0.25) is 0 Å². The topological polar surface area (TPSA) is 94.2 Å². The number of primary amides is 1. The number of thiazole rings is 1. The predicted molar refractivity (Wildman–Crippen MR) is 81.1 cm³/mol. The summed E-state index contributed by atoms with van der Waals surface area (Å²) in [5, 5.41) is 2.87. The second-order valence-corrected chi connectivity index (χ2v) is 6.69. The molecule has 2 atom stereocenters. The lowest BCUT2D eigenvalue weighted by molar-refractivity contribution is -0.124. The van der Waals surface area contributed by atoms with Gasteiger partial charge in [0.05, 0.1) is 5.92 Å². The molecule has 21 heavy (non-hydrogen) atoms. The highest BCUT2D eigenvalue weighted by atomic mass is 32.1. The predicted octanol–water partition coefficient (Wildman–Crippen LogP) is 0.687. The number of hydrogen-bond acceptors (Lipinski definition) is 4. The molecule has 1 aliphatic rings. The molecule has 2 rings (SSSR count). The third kappa shape index (κ3) is 3.53. The quantitative estimate of drug-likeness (QED) is 0.837. The van der Waals surface area contributed by atoms with Crippen LogP contribution in [-0.4, -0.2) is 22.4 Å². The third-order valence-electron chi connectivity index (χ3n) is 4.17. The monoisotopic (exact) mass is 311 g/mol. The fourth-order valence-electron chi connectivity index (χ4n) is 2.81. The van der Waals surface area contributed by atoms with E-state index in [9.17, 15) is 14.4 Å². The van der Waals surface area contributed by atoms with E-state index in [2.05, 4.69) is 5.32 Å². The van der Waals surface area contributed by atoms with Gasteiger partial charge < -0.3 is 15.6 Å². The Kier molecular flexibility index (Phi) is 4.82. The Labute approximate surface area is 127 Å². The van der Waals surface area contributed by atoms with E-state index in [1.807, 2.05) is 13.8 Å². The lowest BCUT2D eigenvalue weighted by Crippen LogP contribution is -2.42. The number of nitrogens with zero attached hydrogens (tertiary/aromatic N) is 1. The number of carbonyl (C=O) groups is 2. The van der Waals surface area contributed by atoms with Crippen molar-refractivity contribution in [3.05, 3.63) is 20.2 Å². The first-order valence-electron chi connectivity index (χ1n) is 7.15. The van der Waals surface area contributed by atoms with E-state index < -0.39 is 0 Å². The van der Waals surface area contributed by atoms with E-state index >= 15 is 0 Å². The molecule has 0 spiro atoms. The Hall–Kier alpha value is -1.63. The molecule has 116 valence electrons. The number of hydrogen-bond donors (Lipinski definition) is 2. The van der Waals surface area contributed by atoms with Crippen molar-refractivity contribution < 1.29 is 9.59 Å². The van der Waals surface area contributed by atoms with E-state index in [1.165, 1.54) is 11.3 Å². The zero-order valence-electron chi connectivity index (χ0n) is 12.3. The van der Waals surface area contributed by atoms with E-state index in [0.717, 1.165) is 29.8 Å². The van der Waals surface area contributed by atoms with Gasteiger partial charge in [0, 0.05) is 29.6 Å². The van der Waals surface area contributed by atoms with Crippen LogP contribution in [0.5, 0.6) is 0 Å². The van der Waals surface area contributed by atoms with Crippen LogP contribution in [0.3, 0.4) is 0 Å². The molecule has 0 aliphatic heterocycles. The van der Waals surface area contributed by atoms with Crippen LogP contribution in [-0.2, 0) is 16.1 Å². The normalized spacial score (nSPS) is 21.4. The minimum atomic E-state index is -0.349. The molecule has 1 saturated carbocycles. The maximum atomic E-state index is 12.0. The molecule has 6 nitrogen and oxygen atoms in total. The van der Waals surface area contributed by atoms with Crippen LogP contribution >= 0.6 is 11.3 Å². The van der Waals surface area contributed by atoms with Gasteiger partial charge in [-0.25, -0.2) is 0 Å². The fraction of sp³-hybridized carbons (Fsp3) is 0.643. The van der Waals surface area contributed by atoms with Gasteiger partial charge in [0.25, 0.3) is 0 Å². The van der Waals surface area contributed by atoms with Crippen molar-refractivity contribution >= 4 is 23.2 Å². The number of aryl methyl sites for hydroxylation is 1. The third-order valence-corrected chi connectivity index (χ3v) is 5.16. The molecule has 1 aliphatic carbocycles. The van der Waals surface area contributed by atoms with Crippen molar-refractivity contribution in [3.8, 4) is 0 Å². The molecule has 2 amide bonds. The van der Waals surface area contributed by atoms with E-state index in [-0.39, 0.29) is 35.1 Å². The summed E-state index contributed by atoms with van der Waals surface area (Å²) in [4.78, 5) is 36.0. The van der Waals surface area contributed by atoms with Crippen LogP contribution in [0.4, 0.5) is 0 Å². The Morgan fingerprint density at radius 2 is 2.10 bits per heavy atom. The molecular formula is C14H21N3O3S. The SMILES string of the molecule is Cc1sc(=O)n(CCC(=O)N[C@H]2CCC[C@H]2C(N)=O)c1C. The average molecular weight is 311 g/mol. The van der Waals surface area contributed by atoms with E-state index in [1.54, 1.807) is 4.57 Å². The van der Waals surface area contributed by atoms with Crippen LogP contribution in [0.25, 0.3) is 0 Å². The van der Waals surface area contributed by atoms with Gasteiger partial charge in [-0.15, -0.1) is 0 Å². The van der Waals surface area contributed by atoms with Crippen LogP contribution < -0.4 is 15.9 Å². The first-order chi connectivity index (χ1) is 9.90. The van der Waals surface area contributed by atoms with Crippen molar-refractivity contribution in [1.29, 1.82) is 0 Å². The number of carbonyl (C=O) groups excluding carboxylic acids is 2. The average Bonchev–Trinajstić information content (AvgIpc) is 2.94. The molecule has 1 fully saturated rings. The van der Waals surface area contributed by atoms with Crippen LogP contribution in [0, 0.1) is 19.8 Å². The molecule has 7 heteroatoms. The number of nitrogens with two attached hydrogens (primary N) is 1. The van der Waals surface area contributed by atoms with Crippen molar-refractivity contribution in [2.45, 2.75) is 52.1 Å². The molecular weight excluding hydrogens is 290 g/mol. The molecule has 1 aromatic rings. The van der Waals surface area contributed by atoms with E-state index in [0.29, 0.717) is 6.54 Å². The molecule has 0 saturated heterocycles. The Morgan fingerprint density at radius 1 is 1.38 bits per heavy atom. The fourth-order valence-corrected chi connectivity index (χ4v) is 3.67. The zero-order valence-corrected chi connectivity index (χ0v) is 13.2. The lowest BCUT2D eigenvalue weighted by Gasteiger charge is -2.18. The standard InChI is InChI=1S/C14H21N3O3S/c1-8-9(2)21-14(20)17(8)7-6-12(18)16-11-5-3-4-10(11)13(15)19/h10-11H,3-7H2,1-2H3,(H2,15,19)(H,16,18)/t10-,11+/m1/s1. The molecule has 0 aromatic carbocycles. The highest BCUT2D eigenvalue weighted by molar-refractivity contribution is 7.09. The molecule has 3 N–H and O–H groups in total.